The minimum absolute atomic E-state index is 1.01. The smallest absolute Gasteiger partial charge is 0.200 e. The van der Waals surface area contributed by atoms with Crippen molar-refractivity contribution in [3.63, 3.8) is 0 Å². The van der Waals surface area contributed by atoms with Crippen LogP contribution in [0.4, 0.5) is 22.0 Å². The van der Waals surface area contributed by atoms with Crippen molar-refractivity contribution < 1.29 is 22.0 Å². The zero-order chi connectivity index (χ0) is 13.1. The van der Waals surface area contributed by atoms with E-state index in [0.29, 0.717) is 0 Å². The van der Waals surface area contributed by atoms with E-state index in [1.54, 1.807) is 0 Å². The minimum Gasteiger partial charge on any atom is -0.203 e. The van der Waals surface area contributed by atoms with E-state index >= 15 is 0 Å². The predicted molar refractivity (Wildman–Crippen MR) is 56.9 cm³/mol. The molecule has 17 heavy (non-hydrogen) atoms. The highest BCUT2D eigenvalue weighted by Gasteiger charge is 2.65. The fourth-order valence-corrected chi connectivity index (χ4v) is 5.62. The molecule has 2 unspecified atom stereocenters. The summed E-state index contributed by atoms with van der Waals surface area (Å²) in [5.41, 5.74) is 0. The molecule has 1 heterocycles. The van der Waals surface area contributed by atoms with Crippen LogP contribution >= 0.6 is 42.7 Å². The monoisotopic (exact) mass is 328 g/mol. The summed E-state index contributed by atoms with van der Waals surface area (Å²) in [6, 6.07) is 0. The molecule has 0 N–H and O–H groups in total. The first-order valence-electron chi connectivity index (χ1n) is 4.04. The third-order valence-corrected chi connectivity index (χ3v) is 7.65. The van der Waals surface area contributed by atoms with E-state index in [1.165, 1.54) is 0 Å². The molecule has 1 aromatic rings. The van der Waals surface area contributed by atoms with Gasteiger partial charge in [0.2, 0.25) is 5.82 Å². The van der Waals surface area contributed by atoms with Gasteiger partial charge in [-0.1, -0.05) is 23.2 Å². The molecule has 2 atom stereocenters. The number of hydrogen-bond donors (Lipinski definition) is 0. The molecule has 94 valence electrons. The quantitative estimate of drug-likeness (QED) is 0.238. The summed E-state index contributed by atoms with van der Waals surface area (Å²) in [7, 11) is -2.04. The lowest BCUT2D eigenvalue weighted by atomic mass is 10.3. The standard InChI is InChI=1S/C8HCl3F5P/c9-7-8(10,11)17(7)6-4(15)2(13)1(12)3(14)5(6)16/h7H. The topological polar surface area (TPSA) is 0 Å². The summed E-state index contributed by atoms with van der Waals surface area (Å²) < 4.78 is 63.5. The van der Waals surface area contributed by atoms with Crippen LogP contribution in [-0.4, -0.2) is 9.19 Å². The van der Waals surface area contributed by atoms with Crippen molar-refractivity contribution in [1.29, 1.82) is 0 Å². The first-order chi connectivity index (χ1) is 7.71. The van der Waals surface area contributed by atoms with Gasteiger partial charge in [-0.15, -0.1) is 11.6 Å². The van der Waals surface area contributed by atoms with E-state index in [-0.39, 0.29) is 0 Å². The highest BCUT2D eigenvalue weighted by atomic mass is 35.5. The SMILES string of the molecule is Fc1c(F)c(F)c(P2C(Cl)C2(Cl)Cl)c(F)c1F. The fourth-order valence-electron chi connectivity index (χ4n) is 1.28. The molecule has 0 radical (unpaired) electrons. The van der Waals surface area contributed by atoms with Crippen molar-refractivity contribution in [2.75, 3.05) is 0 Å². The lowest BCUT2D eigenvalue weighted by Gasteiger charge is -2.07. The van der Waals surface area contributed by atoms with Gasteiger partial charge in [0.15, 0.2) is 27.3 Å². The molecule has 1 aliphatic heterocycles. The van der Waals surface area contributed by atoms with Gasteiger partial charge >= 0.3 is 0 Å². The minimum atomic E-state index is -2.22. The second-order valence-corrected chi connectivity index (χ2v) is 8.27. The highest BCUT2D eigenvalue weighted by molar-refractivity contribution is 7.82. The maximum Gasteiger partial charge on any atom is 0.200 e. The van der Waals surface area contributed by atoms with Crippen molar-refractivity contribution in [3.8, 4) is 0 Å². The Bertz CT molecular complexity index is 477. The summed E-state index contributed by atoms with van der Waals surface area (Å²) in [5, 5.41) is -2.06. The van der Waals surface area contributed by atoms with Gasteiger partial charge < -0.3 is 0 Å². The van der Waals surface area contributed by atoms with Crippen molar-refractivity contribution in [3.05, 3.63) is 29.1 Å². The van der Waals surface area contributed by atoms with Gasteiger partial charge in [0.25, 0.3) is 0 Å². The summed E-state index contributed by atoms with van der Waals surface area (Å²) in [6.07, 6.45) is 0. The van der Waals surface area contributed by atoms with Crippen LogP contribution in [0.15, 0.2) is 0 Å². The molecule has 0 nitrogen and oxygen atoms in total. The molecule has 0 bridgehead atoms. The van der Waals surface area contributed by atoms with Crippen LogP contribution in [0.3, 0.4) is 0 Å². The maximum atomic E-state index is 13.3. The molecule has 1 aromatic carbocycles. The Morgan fingerprint density at radius 2 is 1.12 bits per heavy atom. The molecule has 0 spiro atoms. The van der Waals surface area contributed by atoms with E-state index in [0.717, 1.165) is 0 Å². The Morgan fingerprint density at radius 1 is 0.824 bits per heavy atom. The van der Waals surface area contributed by atoms with E-state index < -0.39 is 51.5 Å². The Labute approximate surface area is 108 Å². The molecule has 0 amide bonds. The second kappa shape index (κ2) is 4.09. The van der Waals surface area contributed by atoms with Gasteiger partial charge in [0.1, 0.15) is 0 Å². The Morgan fingerprint density at radius 3 is 1.41 bits per heavy atom. The third kappa shape index (κ3) is 1.83. The van der Waals surface area contributed by atoms with E-state index in [1.807, 2.05) is 0 Å². The van der Waals surface area contributed by atoms with Crippen LogP contribution in [0, 0.1) is 29.1 Å². The lowest BCUT2D eigenvalue weighted by Crippen LogP contribution is -2.17. The maximum absolute atomic E-state index is 13.3. The number of hydrogen-bond acceptors (Lipinski definition) is 0. The zero-order valence-corrected chi connectivity index (χ0v) is 10.7. The lowest BCUT2D eigenvalue weighted by molar-refractivity contribution is 0.384. The van der Waals surface area contributed by atoms with Crippen molar-refractivity contribution >= 4 is 48.0 Å². The average molecular weight is 329 g/mol. The van der Waals surface area contributed by atoms with Gasteiger partial charge in [0, 0.05) is 0 Å². The van der Waals surface area contributed by atoms with Gasteiger partial charge in [0.05, 0.1) is 10.4 Å². The van der Waals surface area contributed by atoms with E-state index in [9.17, 15) is 22.0 Å². The highest BCUT2D eigenvalue weighted by Crippen LogP contribution is 2.80. The van der Waals surface area contributed by atoms with E-state index in [4.69, 9.17) is 34.8 Å². The molecule has 0 aromatic heterocycles. The van der Waals surface area contributed by atoms with Crippen molar-refractivity contribution in [2.45, 2.75) is 9.19 Å². The van der Waals surface area contributed by atoms with Crippen molar-refractivity contribution in [1.82, 2.24) is 0 Å². The summed E-state index contributed by atoms with van der Waals surface area (Å²) in [6.45, 7) is 0. The molecule has 1 saturated heterocycles. The van der Waals surface area contributed by atoms with Gasteiger partial charge in [-0.2, -0.15) is 0 Å². The van der Waals surface area contributed by atoms with Crippen LogP contribution in [0.25, 0.3) is 0 Å². The summed E-state index contributed by atoms with van der Waals surface area (Å²) in [5.74, 6) is -10.1. The number of benzene rings is 1. The predicted octanol–water partition coefficient (Wildman–Crippen LogP) is 4.20. The van der Waals surface area contributed by atoms with Crippen LogP contribution in [-0.2, 0) is 0 Å². The van der Waals surface area contributed by atoms with Crippen LogP contribution < -0.4 is 5.30 Å². The first-order valence-corrected chi connectivity index (χ1v) is 6.64. The van der Waals surface area contributed by atoms with Gasteiger partial charge in [-0.05, 0) is 7.92 Å². The Kier molecular flexibility index (Phi) is 3.27. The molecular weight excluding hydrogens is 328 g/mol. The van der Waals surface area contributed by atoms with Gasteiger partial charge in [-0.25, -0.2) is 22.0 Å². The first kappa shape index (κ1) is 13.6. The Balaban J connectivity index is 2.65. The molecule has 1 fully saturated rings. The third-order valence-electron chi connectivity index (χ3n) is 2.19. The molecule has 1 aliphatic rings. The number of alkyl halides is 3. The number of halogens is 8. The number of rotatable bonds is 1. The molecule has 9 heteroatoms. The fraction of sp³-hybridized carbons (Fsp3) is 0.250. The van der Waals surface area contributed by atoms with Crippen molar-refractivity contribution in [2.24, 2.45) is 0 Å². The average Bonchev–Trinajstić information content (AvgIpc) is 2.75. The van der Waals surface area contributed by atoms with Gasteiger partial charge in [-0.3, -0.25) is 0 Å². The molecular formula is C8HCl3F5P. The molecule has 2 rings (SSSR count). The molecule has 0 aliphatic carbocycles. The summed E-state index contributed by atoms with van der Waals surface area (Å²) >= 11 is 16.7. The summed E-state index contributed by atoms with van der Waals surface area (Å²) in [4.78, 5) is 0. The largest absolute Gasteiger partial charge is 0.203 e. The zero-order valence-electron chi connectivity index (χ0n) is 7.55. The normalized spacial score (nSPS) is 26.1. The Hall–Kier alpha value is 0.170. The second-order valence-electron chi connectivity index (χ2n) is 3.21. The van der Waals surface area contributed by atoms with Crippen LogP contribution in [0.1, 0.15) is 0 Å². The van der Waals surface area contributed by atoms with E-state index in [2.05, 4.69) is 0 Å². The van der Waals surface area contributed by atoms with Crippen LogP contribution in [0.2, 0.25) is 0 Å². The molecule has 0 saturated carbocycles. The van der Waals surface area contributed by atoms with Crippen LogP contribution in [0.5, 0.6) is 0 Å².